The summed E-state index contributed by atoms with van der Waals surface area (Å²) in [7, 11) is 0. The van der Waals surface area contributed by atoms with Crippen molar-refractivity contribution in [1.82, 2.24) is 9.78 Å². The van der Waals surface area contributed by atoms with E-state index in [9.17, 15) is 19.7 Å². The van der Waals surface area contributed by atoms with Crippen LogP contribution in [-0.4, -0.2) is 21.0 Å². The predicted octanol–water partition coefficient (Wildman–Crippen LogP) is 2.29. The molecule has 0 aliphatic carbocycles. The van der Waals surface area contributed by atoms with Gasteiger partial charge in [-0.15, -0.1) is 0 Å². The van der Waals surface area contributed by atoms with Crippen LogP contribution in [0.25, 0.3) is 11.3 Å². The molecule has 0 fully saturated rings. The van der Waals surface area contributed by atoms with Gasteiger partial charge in [-0.05, 0) is 12.0 Å². The predicted molar refractivity (Wildman–Crippen MR) is 80.8 cm³/mol. The Morgan fingerprint density at radius 2 is 2.09 bits per heavy atom. The molecule has 7 heteroatoms. The summed E-state index contributed by atoms with van der Waals surface area (Å²) in [6.45, 7) is 4.21. The molecule has 0 spiro atoms. The molecule has 1 aromatic heterocycles. The second-order valence-corrected chi connectivity index (χ2v) is 5.29. The topological polar surface area (TPSA) is 95.1 Å². The van der Waals surface area contributed by atoms with Crippen molar-refractivity contribution < 1.29 is 9.72 Å². The van der Waals surface area contributed by atoms with Crippen molar-refractivity contribution in [1.29, 1.82) is 0 Å². The fourth-order valence-corrected chi connectivity index (χ4v) is 2.04. The molecule has 22 heavy (non-hydrogen) atoms. The Labute approximate surface area is 126 Å². The third kappa shape index (κ3) is 3.25. The molecule has 0 unspecified atom stereocenters. The molecule has 1 heterocycles. The maximum atomic E-state index is 12.1. The quantitative estimate of drug-likeness (QED) is 0.479. The maximum absolute atomic E-state index is 12.1. The number of aromatic nitrogens is 2. The molecule has 0 amide bonds. The molecule has 0 N–H and O–H groups in total. The van der Waals surface area contributed by atoms with Crippen LogP contribution in [0.5, 0.6) is 0 Å². The molecule has 2 rings (SSSR count). The van der Waals surface area contributed by atoms with Gasteiger partial charge in [-0.25, -0.2) is 4.68 Å². The highest BCUT2D eigenvalue weighted by Gasteiger charge is 2.13. The Hall–Kier alpha value is -2.83. The number of carbonyl (C=O) groups is 1. The van der Waals surface area contributed by atoms with E-state index in [0.29, 0.717) is 24.1 Å². The van der Waals surface area contributed by atoms with Gasteiger partial charge in [0.15, 0.2) is 6.29 Å². The van der Waals surface area contributed by atoms with Gasteiger partial charge in [0.25, 0.3) is 11.2 Å². The number of rotatable bonds is 5. The summed E-state index contributed by atoms with van der Waals surface area (Å²) in [6, 6.07) is 7.27. The molecule has 0 aliphatic heterocycles. The number of hydrogen-bond donors (Lipinski definition) is 0. The molecule has 0 radical (unpaired) electrons. The van der Waals surface area contributed by atoms with Gasteiger partial charge in [0.1, 0.15) is 0 Å². The Morgan fingerprint density at radius 1 is 1.36 bits per heavy atom. The molecule has 0 bridgehead atoms. The summed E-state index contributed by atoms with van der Waals surface area (Å²) in [5.41, 5.74) is 0.282. The van der Waals surface area contributed by atoms with E-state index < -0.39 is 10.5 Å². The molecule has 0 saturated heterocycles. The number of nitrogens with zero attached hydrogens (tertiary/aromatic N) is 3. The Kier molecular flexibility index (Phi) is 4.45. The Morgan fingerprint density at radius 3 is 2.68 bits per heavy atom. The molecule has 7 nitrogen and oxygen atoms in total. The van der Waals surface area contributed by atoms with Crippen molar-refractivity contribution in [2.24, 2.45) is 5.92 Å². The van der Waals surface area contributed by atoms with Crippen molar-refractivity contribution in [3.63, 3.8) is 0 Å². The van der Waals surface area contributed by atoms with Gasteiger partial charge in [-0.3, -0.25) is 19.7 Å². The molecule has 1 aromatic carbocycles. The fraction of sp³-hybridized carbons (Fsp3) is 0.267. The van der Waals surface area contributed by atoms with Gasteiger partial charge in [-0.1, -0.05) is 26.0 Å². The minimum atomic E-state index is -0.506. The zero-order valence-electron chi connectivity index (χ0n) is 12.2. The normalized spacial score (nSPS) is 10.7. The first kappa shape index (κ1) is 15.6. The van der Waals surface area contributed by atoms with Gasteiger partial charge in [0.05, 0.1) is 16.2 Å². The van der Waals surface area contributed by atoms with Crippen LogP contribution in [-0.2, 0) is 6.54 Å². The van der Waals surface area contributed by atoms with E-state index >= 15 is 0 Å². The highest BCUT2D eigenvalue weighted by atomic mass is 16.6. The average molecular weight is 301 g/mol. The maximum Gasteiger partial charge on any atom is 0.277 e. The minimum absolute atomic E-state index is 0.0165. The molecular formula is C15H15N3O4. The average Bonchev–Trinajstić information content (AvgIpc) is 2.49. The lowest BCUT2D eigenvalue weighted by atomic mass is 10.1. The number of benzene rings is 1. The first-order chi connectivity index (χ1) is 10.4. The zero-order valence-corrected chi connectivity index (χ0v) is 12.2. The summed E-state index contributed by atoms with van der Waals surface area (Å²) in [5.74, 6) is 0.171. The van der Waals surface area contributed by atoms with Gasteiger partial charge < -0.3 is 0 Å². The van der Waals surface area contributed by atoms with E-state index in [1.807, 2.05) is 13.8 Å². The van der Waals surface area contributed by atoms with Crippen LogP contribution >= 0.6 is 0 Å². The third-order valence-electron chi connectivity index (χ3n) is 3.02. The molecule has 0 aliphatic rings. The summed E-state index contributed by atoms with van der Waals surface area (Å²) in [5, 5.41) is 15.1. The molecule has 114 valence electrons. The highest BCUT2D eigenvalue weighted by Crippen LogP contribution is 2.22. The van der Waals surface area contributed by atoms with E-state index in [1.54, 1.807) is 6.07 Å². The molecule has 0 saturated carbocycles. The lowest BCUT2D eigenvalue weighted by molar-refractivity contribution is -0.384. The monoisotopic (exact) mass is 301 g/mol. The van der Waals surface area contributed by atoms with E-state index in [0.717, 1.165) is 0 Å². The number of carbonyl (C=O) groups excluding carboxylic acids is 1. The number of non-ortho nitro benzene ring substituents is 1. The van der Waals surface area contributed by atoms with Gasteiger partial charge in [0.2, 0.25) is 0 Å². The highest BCUT2D eigenvalue weighted by molar-refractivity contribution is 5.77. The molecule has 0 atom stereocenters. The van der Waals surface area contributed by atoms with Crippen LogP contribution in [0.3, 0.4) is 0 Å². The van der Waals surface area contributed by atoms with Crippen LogP contribution in [0.15, 0.2) is 35.1 Å². The lowest BCUT2D eigenvalue weighted by Crippen LogP contribution is -2.28. The second kappa shape index (κ2) is 6.30. The number of nitro groups is 1. The second-order valence-electron chi connectivity index (χ2n) is 5.29. The lowest BCUT2D eigenvalue weighted by Gasteiger charge is -2.10. The Bertz CT molecular complexity index is 781. The summed E-state index contributed by atoms with van der Waals surface area (Å²) >= 11 is 0. The minimum Gasteiger partial charge on any atom is -0.298 e. The number of hydrogen-bond acceptors (Lipinski definition) is 5. The van der Waals surface area contributed by atoms with E-state index in [4.69, 9.17) is 0 Å². The van der Waals surface area contributed by atoms with Crippen LogP contribution in [0.2, 0.25) is 0 Å². The smallest absolute Gasteiger partial charge is 0.277 e. The zero-order chi connectivity index (χ0) is 16.3. The van der Waals surface area contributed by atoms with Crippen LogP contribution in [0.1, 0.15) is 24.2 Å². The van der Waals surface area contributed by atoms with Crippen molar-refractivity contribution in [2.45, 2.75) is 20.4 Å². The summed E-state index contributed by atoms with van der Waals surface area (Å²) in [6.07, 6.45) is 0.474. The first-order valence-electron chi connectivity index (χ1n) is 6.74. The SMILES string of the molecule is CC(C)Cn1nc(-c2cccc([N+](=O)[O-])c2)cc(C=O)c1=O. The van der Waals surface area contributed by atoms with Crippen molar-refractivity contribution in [3.05, 3.63) is 56.4 Å². The summed E-state index contributed by atoms with van der Waals surface area (Å²) < 4.78 is 1.22. The number of aldehydes is 1. The van der Waals surface area contributed by atoms with Gasteiger partial charge >= 0.3 is 0 Å². The number of nitro benzene ring substituents is 1. The standard InChI is InChI=1S/C15H15N3O4/c1-10(2)8-17-15(20)12(9-19)7-14(16-17)11-4-3-5-13(6-11)18(21)22/h3-7,9-10H,8H2,1-2H3. The fourth-order valence-electron chi connectivity index (χ4n) is 2.04. The third-order valence-corrected chi connectivity index (χ3v) is 3.02. The van der Waals surface area contributed by atoms with Gasteiger partial charge in [0, 0.05) is 24.2 Å². The van der Waals surface area contributed by atoms with Crippen LogP contribution < -0.4 is 5.56 Å². The molecule has 2 aromatic rings. The largest absolute Gasteiger partial charge is 0.298 e. The summed E-state index contributed by atoms with van der Waals surface area (Å²) in [4.78, 5) is 33.5. The van der Waals surface area contributed by atoms with Crippen LogP contribution in [0.4, 0.5) is 5.69 Å². The van der Waals surface area contributed by atoms with Crippen molar-refractivity contribution >= 4 is 12.0 Å². The van der Waals surface area contributed by atoms with Crippen molar-refractivity contribution in [2.75, 3.05) is 0 Å². The van der Waals surface area contributed by atoms with E-state index in [2.05, 4.69) is 5.10 Å². The van der Waals surface area contributed by atoms with Gasteiger partial charge in [-0.2, -0.15) is 5.10 Å². The van der Waals surface area contributed by atoms with E-state index in [-0.39, 0.29) is 17.2 Å². The Balaban J connectivity index is 2.60. The molecular weight excluding hydrogens is 286 g/mol. The van der Waals surface area contributed by atoms with E-state index in [1.165, 1.54) is 28.9 Å². The first-order valence-corrected chi connectivity index (χ1v) is 6.74. The van der Waals surface area contributed by atoms with Crippen LogP contribution in [0, 0.1) is 16.0 Å². The van der Waals surface area contributed by atoms with Crippen molar-refractivity contribution in [3.8, 4) is 11.3 Å².